The Morgan fingerprint density at radius 2 is 1.37 bits per heavy atom. The molecule has 0 atom stereocenters. The fourth-order valence-corrected chi connectivity index (χ4v) is 2.19. The topological polar surface area (TPSA) is 135 Å². The monoisotopic (exact) mass is 304 g/mol. The summed E-state index contributed by atoms with van der Waals surface area (Å²) in [6, 6.07) is 1.76. The molecular formula is C9H6Na2O7S. The minimum Gasteiger partial charge on any atom is -0.545 e. The molecule has 0 aliphatic rings. The van der Waals surface area contributed by atoms with Crippen molar-refractivity contribution >= 4 is 22.1 Å². The molecule has 0 aromatic heterocycles. The SMILES string of the molecule is Cc1cc(C(=O)[O-])c(S(=O)(=O)O)c(C(=O)[O-])c1.[Na+].[Na+]. The molecule has 0 saturated carbocycles. The smallest absolute Gasteiger partial charge is 0.545 e. The first-order valence-corrected chi connectivity index (χ1v) is 5.63. The van der Waals surface area contributed by atoms with Crippen LogP contribution in [0, 0.1) is 6.92 Å². The van der Waals surface area contributed by atoms with E-state index >= 15 is 0 Å². The second kappa shape index (κ2) is 7.75. The maximum atomic E-state index is 11.0. The van der Waals surface area contributed by atoms with Gasteiger partial charge in [0.15, 0.2) is 0 Å². The zero-order valence-corrected chi connectivity index (χ0v) is 15.3. The molecule has 19 heavy (non-hydrogen) atoms. The summed E-state index contributed by atoms with van der Waals surface area (Å²) in [5, 5.41) is 21.4. The van der Waals surface area contributed by atoms with Crippen LogP contribution in [-0.4, -0.2) is 24.9 Å². The number of rotatable bonds is 3. The van der Waals surface area contributed by atoms with Gasteiger partial charge in [0.25, 0.3) is 10.1 Å². The molecule has 7 nitrogen and oxygen atoms in total. The fraction of sp³-hybridized carbons (Fsp3) is 0.111. The van der Waals surface area contributed by atoms with Crippen molar-refractivity contribution in [2.75, 3.05) is 0 Å². The van der Waals surface area contributed by atoms with Gasteiger partial charge in [-0.15, -0.1) is 0 Å². The zero-order chi connectivity index (χ0) is 13.4. The van der Waals surface area contributed by atoms with Crippen LogP contribution in [0.25, 0.3) is 0 Å². The van der Waals surface area contributed by atoms with Crippen LogP contribution < -0.4 is 69.3 Å². The molecule has 0 bridgehead atoms. The number of hydrogen-bond acceptors (Lipinski definition) is 6. The van der Waals surface area contributed by atoms with Gasteiger partial charge in [-0.3, -0.25) is 4.55 Å². The van der Waals surface area contributed by atoms with Crippen molar-refractivity contribution in [3.05, 3.63) is 28.8 Å². The van der Waals surface area contributed by atoms with E-state index in [0.717, 1.165) is 12.1 Å². The molecule has 0 radical (unpaired) electrons. The normalized spacial score (nSPS) is 10.0. The summed E-state index contributed by atoms with van der Waals surface area (Å²) in [6.45, 7) is 1.35. The van der Waals surface area contributed by atoms with E-state index in [-0.39, 0.29) is 64.7 Å². The van der Waals surface area contributed by atoms with E-state index in [2.05, 4.69) is 0 Å². The van der Waals surface area contributed by atoms with Crippen molar-refractivity contribution in [3.63, 3.8) is 0 Å². The van der Waals surface area contributed by atoms with Crippen LogP contribution >= 0.6 is 0 Å². The van der Waals surface area contributed by atoms with Gasteiger partial charge in [-0.05, 0) is 24.6 Å². The Balaban J connectivity index is 0. The van der Waals surface area contributed by atoms with Gasteiger partial charge < -0.3 is 19.8 Å². The number of aryl methyl sites for hydroxylation is 1. The summed E-state index contributed by atoms with van der Waals surface area (Å²) in [5.74, 6) is -3.83. The molecule has 1 rings (SSSR count). The number of carbonyl (C=O) groups is 2. The fourth-order valence-electron chi connectivity index (χ4n) is 1.35. The molecule has 0 aliphatic carbocycles. The van der Waals surface area contributed by atoms with Crippen LogP contribution in [0.3, 0.4) is 0 Å². The van der Waals surface area contributed by atoms with Gasteiger partial charge in [0, 0.05) is 11.1 Å². The van der Waals surface area contributed by atoms with Gasteiger partial charge in [0.2, 0.25) is 0 Å². The third kappa shape index (κ3) is 5.16. The molecule has 0 saturated heterocycles. The Hall–Kier alpha value is 0.0700. The van der Waals surface area contributed by atoms with Crippen LogP contribution in [0.4, 0.5) is 0 Å². The predicted octanol–water partition coefficient (Wildman–Crippen LogP) is -8.02. The summed E-state index contributed by atoms with van der Waals surface area (Å²) in [5.41, 5.74) is -1.67. The third-order valence-corrected chi connectivity index (χ3v) is 2.89. The van der Waals surface area contributed by atoms with Crippen LogP contribution in [0.2, 0.25) is 0 Å². The number of hydrogen-bond donors (Lipinski definition) is 1. The standard InChI is InChI=1S/C9H8O7S.2Na/c1-4-2-5(8(10)11)7(17(14,15)16)6(3-4)9(12)13;;/h2-3H,1H3,(H,10,11)(H,12,13)(H,14,15,16);;/q;2*+1/p-2. The molecule has 92 valence electrons. The van der Waals surface area contributed by atoms with E-state index in [1.807, 2.05) is 0 Å². The van der Waals surface area contributed by atoms with Gasteiger partial charge in [-0.25, -0.2) is 0 Å². The Kier molecular flexibility index (Phi) is 8.71. The van der Waals surface area contributed by atoms with Gasteiger partial charge in [-0.1, -0.05) is 0 Å². The minimum atomic E-state index is -5.01. The Morgan fingerprint density at radius 3 is 1.58 bits per heavy atom. The van der Waals surface area contributed by atoms with Crippen molar-refractivity contribution in [1.82, 2.24) is 0 Å². The number of aromatic carboxylic acids is 2. The molecule has 0 fully saturated rings. The number of carbonyl (C=O) groups excluding carboxylic acids is 2. The van der Waals surface area contributed by atoms with Crippen molar-refractivity contribution in [2.45, 2.75) is 11.8 Å². The molecule has 1 N–H and O–H groups in total. The largest absolute Gasteiger partial charge is 1.00 e. The summed E-state index contributed by atoms with van der Waals surface area (Å²) in [4.78, 5) is 20.2. The molecule has 0 spiro atoms. The van der Waals surface area contributed by atoms with E-state index < -0.39 is 38.1 Å². The van der Waals surface area contributed by atoms with Crippen molar-refractivity contribution < 1.29 is 91.9 Å². The Morgan fingerprint density at radius 1 is 1.05 bits per heavy atom. The third-order valence-electron chi connectivity index (χ3n) is 1.93. The Labute approximate surface area is 153 Å². The van der Waals surface area contributed by atoms with E-state index in [9.17, 15) is 28.2 Å². The number of benzene rings is 1. The first-order chi connectivity index (χ1) is 7.64. The summed E-state index contributed by atoms with van der Waals surface area (Å²) in [6.07, 6.45) is 0. The average Bonchev–Trinajstić information content (AvgIpc) is 2.14. The quantitative estimate of drug-likeness (QED) is 0.433. The molecule has 0 unspecified atom stereocenters. The molecule has 0 aliphatic heterocycles. The first kappa shape index (κ1) is 21.4. The zero-order valence-electron chi connectivity index (χ0n) is 10.5. The predicted molar refractivity (Wildman–Crippen MR) is 49.7 cm³/mol. The van der Waals surface area contributed by atoms with E-state index in [1.54, 1.807) is 0 Å². The summed E-state index contributed by atoms with van der Waals surface area (Å²) in [7, 11) is -5.01. The minimum absolute atomic E-state index is 0. The molecule has 10 heteroatoms. The van der Waals surface area contributed by atoms with Gasteiger partial charge in [0.1, 0.15) is 4.90 Å². The van der Waals surface area contributed by atoms with Crippen molar-refractivity contribution in [2.24, 2.45) is 0 Å². The molecule has 0 amide bonds. The van der Waals surface area contributed by atoms with Crippen LogP contribution in [-0.2, 0) is 10.1 Å². The van der Waals surface area contributed by atoms with Gasteiger partial charge in [-0.2, -0.15) is 8.42 Å². The molecule has 0 heterocycles. The van der Waals surface area contributed by atoms with E-state index in [1.165, 1.54) is 6.92 Å². The second-order valence-electron chi connectivity index (χ2n) is 3.24. The number of carboxylic acids is 2. The Bertz CT molecular complexity index is 574. The summed E-state index contributed by atoms with van der Waals surface area (Å²) >= 11 is 0. The van der Waals surface area contributed by atoms with Crippen LogP contribution in [0.1, 0.15) is 26.3 Å². The van der Waals surface area contributed by atoms with Crippen LogP contribution in [0.5, 0.6) is 0 Å². The first-order valence-electron chi connectivity index (χ1n) is 4.19. The van der Waals surface area contributed by atoms with Gasteiger partial charge in [0.05, 0.1) is 11.9 Å². The van der Waals surface area contributed by atoms with Crippen LogP contribution in [0.15, 0.2) is 17.0 Å². The maximum absolute atomic E-state index is 11.0. The molecule has 1 aromatic rings. The second-order valence-corrected chi connectivity index (χ2v) is 4.60. The summed E-state index contributed by atoms with van der Waals surface area (Å²) < 4.78 is 30.8. The van der Waals surface area contributed by atoms with Crippen molar-refractivity contribution in [1.29, 1.82) is 0 Å². The van der Waals surface area contributed by atoms with E-state index in [0.29, 0.717) is 0 Å². The van der Waals surface area contributed by atoms with Crippen molar-refractivity contribution in [3.8, 4) is 0 Å². The van der Waals surface area contributed by atoms with Gasteiger partial charge >= 0.3 is 59.1 Å². The van der Waals surface area contributed by atoms with E-state index in [4.69, 9.17) is 4.55 Å². The average molecular weight is 304 g/mol. The molecular weight excluding hydrogens is 298 g/mol. The maximum Gasteiger partial charge on any atom is 1.00 e. The molecule has 1 aromatic carbocycles. The number of carboxylic acid groups (broad SMARTS) is 2.